The van der Waals surface area contributed by atoms with Gasteiger partial charge in [0.15, 0.2) is 5.16 Å². The Labute approximate surface area is 130 Å². The standard InChI is InChI=1S/C14H23N5OS/c1-17(2)14(20)18(3)11-6-9-19(10-7-11)12-5-8-15-13(16-12)21-4/h5,8,11H,6-7,9-10H2,1-4H3. The van der Waals surface area contributed by atoms with Crippen molar-refractivity contribution in [3.63, 3.8) is 0 Å². The normalized spacial score (nSPS) is 15.9. The Morgan fingerprint density at radius 1 is 1.33 bits per heavy atom. The van der Waals surface area contributed by atoms with Crippen LogP contribution in [-0.4, -0.2) is 72.3 Å². The number of rotatable bonds is 3. The molecular weight excluding hydrogens is 286 g/mol. The highest BCUT2D eigenvalue weighted by Crippen LogP contribution is 2.22. The van der Waals surface area contributed by atoms with Crippen LogP contribution in [-0.2, 0) is 0 Å². The van der Waals surface area contributed by atoms with Crippen LogP contribution < -0.4 is 4.90 Å². The van der Waals surface area contributed by atoms with Crippen molar-refractivity contribution in [3.05, 3.63) is 12.3 Å². The zero-order valence-corrected chi connectivity index (χ0v) is 13.9. The molecule has 6 nitrogen and oxygen atoms in total. The molecule has 7 heteroatoms. The number of amides is 2. The predicted molar refractivity (Wildman–Crippen MR) is 85.9 cm³/mol. The van der Waals surface area contributed by atoms with E-state index in [4.69, 9.17) is 0 Å². The molecule has 116 valence electrons. The van der Waals surface area contributed by atoms with Gasteiger partial charge in [-0.25, -0.2) is 14.8 Å². The van der Waals surface area contributed by atoms with Crippen LogP contribution in [0.2, 0.25) is 0 Å². The first kappa shape index (κ1) is 15.9. The minimum Gasteiger partial charge on any atom is -0.356 e. The Kier molecular flexibility index (Phi) is 5.27. The highest BCUT2D eigenvalue weighted by atomic mass is 32.2. The molecule has 1 aliphatic rings. The summed E-state index contributed by atoms with van der Waals surface area (Å²) in [6, 6.07) is 2.33. The fraction of sp³-hybridized carbons (Fsp3) is 0.643. The maximum Gasteiger partial charge on any atom is 0.319 e. The molecule has 2 heterocycles. The number of aromatic nitrogens is 2. The first-order valence-corrected chi connectivity index (χ1v) is 8.31. The molecule has 2 rings (SSSR count). The lowest BCUT2D eigenvalue weighted by atomic mass is 10.0. The molecule has 1 aromatic heterocycles. The van der Waals surface area contributed by atoms with Crippen molar-refractivity contribution in [2.24, 2.45) is 0 Å². The summed E-state index contributed by atoms with van der Waals surface area (Å²) in [5.74, 6) is 0.981. The van der Waals surface area contributed by atoms with Gasteiger partial charge in [0.25, 0.3) is 0 Å². The van der Waals surface area contributed by atoms with Crippen LogP contribution >= 0.6 is 11.8 Å². The first-order chi connectivity index (χ1) is 10.0. The van der Waals surface area contributed by atoms with Crippen LogP contribution in [0.3, 0.4) is 0 Å². The van der Waals surface area contributed by atoms with E-state index < -0.39 is 0 Å². The van der Waals surface area contributed by atoms with Crippen molar-refractivity contribution >= 4 is 23.6 Å². The maximum atomic E-state index is 12.0. The van der Waals surface area contributed by atoms with Crippen molar-refractivity contribution in [3.8, 4) is 0 Å². The average Bonchev–Trinajstić information content (AvgIpc) is 2.53. The lowest BCUT2D eigenvalue weighted by molar-refractivity contribution is 0.155. The van der Waals surface area contributed by atoms with E-state index in [1.807, 2.05) is 30.5 Å². The number of thioether (sulfide) groups is 1. The fourth-order valence-electron chi connectivity index (χ4n) is 2.56. The minimum atomic E-state index is 0.0696. The summed E-state index contributed by atoms with van der Waals surface area (Å²) in [5.41, 5.74) is 0. The smallest absolute Gasteiger partial charge is 0.319 e. The number of anilines is 1. The van der Waals surface area contributed by atoms with Crippen molar-refractivity contribution in [1.82, 2.24) is 19.8 Å². The van der Waals surface area contributed by atoms with Crippen LogP contribution in [0.1, 0.15) is 12.8 Å². The monoisotopic (exact) mass is 309 g/mol. The summed E-state index contributed by atoms with van der Waals surface area (Å²) < 4.78 is 0. The molecule has 0 bridgehead atoms. The lowest BCUT2D eigenvalue weighted by Crippen LogP contribution is -2.48. The molecule has 1 aliphatic heterocycles. The second-order valence-electron chi connectivity index (χ2n) is 5.41. The van der Waals surface area contributed by atoms with Crippen LogP contribution in [0.4, 0.5) is 10.6 Å². The molecule has 0 spiro atoms. The Bertz CT molecular complexity index is 488. The molecule has 0 N–H and O–H groups in total. The molecule has 0 aromatic carbocycles. The van der Waals surface area contributed by atoms with Crippen molar-refractivity contribution < 1.29 is 4.79 Å². The van der Waals surface area contributed by atoms with Gasteiger partial charge in [-0.15, -0.1) is 0 Å². The molecule has 0 unspecified atom stereocenters. The van der Waals surface area contributed by atoms with Crippen LogP contribution in [0.25, 0.3) is 0 Å². The van der Waals surface area contributed by atoms with E-state index in [1.165, 1.54) is 0 Å². The molecule has 2 amide bonds. The van der Waals surface area contributed by atoms with Gasteiger partial charge in [-0.2, -0.15) is 0 Å². The van der Waals surface area contributed by atoms with Crippen LogP contribution in [0.5, 0.6) is 0 Å². The zero-order valence-electron chi connectivity index (χ0n) is 13.1. The second-order valence-corrected chi connectivity index (χ2v) is 6.18. The summed E-state index contributed by atoms with van der Waals surface area (Å²) in [7, 11) is 5.47. The van der Waals surface area contributed by atoms with Gasteiger partial charge in [-0.3, -0.25) is 0 Å². The molecule has 0 radical (unpaired) electrons. The van der Waals surface area contributed by atoms with E-state index in [9.17, 15) is 4.79 Å². The van der Waals surface area contributed by atoms with Gasteiger partial charge >= 0.3 is 6.03 Å². The van der Waals surface area contributed by atoms with E-state index in [0.717, 1.165) is 36.9 Å². The summed E-state index contributed by atoms with van der Waals surface area (Å²) in [6.07, 6.45) is 5.72. The molecule has 1 fully saturated rings. The highest BCUT2D eigenvalue weighted by molar-refractivity contribution is 7.98. The first-order valence-electron chi connectivity index (χ1n) is 7.09. The summed E-state index contributed by atoms with van der Waals surface area (Å²) in [6.45, 7) is 1.83. The number of carbonyl (C=O) groups excluding carboxylic acids is 1. The third kappa shape index (κ3) is 3.78. The van der Waals surface area contributed by atoms with Crippen LogP contribution in [0, 0.1) is 0 Å². The summed E-state index contributed by atoms with van der Waals surface area (Å²) in [4.78, 5) is 26.5. The third-order valence-corrected chi connectivity index (χ3v) is 4.38. The summed E-state index contributed by atoms with van der Waals surface area (Å²) >= 11 is 1.55. The third-order valence-electron chi connectivity index (χ3n) is 3.82. The quantitative estimate of drug-likeness (QED) is 0.629. The van der Waals surface area contributed by atoms with Crippen LogP contribution in [0.15, 0.2) is 17.4 Å². The Morgan fingerprint density at radius 2 is 2.00 bits per heavy atom. The number of carbonyl (C=O) groups is 1. The number of hydrogen-bond donors (Lipinski definition) is 0. The lowest BCUT2D eigenvalue weighted by Gasteiger charge is -2.38. The molecule has 1 aromatic rings. The number of urea groups is 1. The van der Waals surface area contributed by atoms with Gasteiger partial charge in [0, 0.05) is 46.5 Å². The second kappa shape index (κ2) is 6.98. The minimum absolute atomic E-state index is 0.0696. The van der Waals surface area contributed by atoms with Crippen molar-refractivity contribution in [2.75, 3.05) is 45.4 Å². The van der Waals surface area contributed by atoms with E-state index in [2.05, 4.69) is 14.9 Å². The Morgan fingerprint density at radius 3 is 2.57 bits per heavy atom. The summed E-state index contributed by atoms with van der Waals surface area (Å²) in [5, 5.41) is 0.800. The highest BCUT2D eigenvalue weighted by Gasteiger charge is 2.26. The fourth-order valence-corrected chi connectivity index (χ4v) is 2.91. The van der Waals surface area contributed by atoms with E-state index in [0.29, 0.717) is 6.04 Å². The van der Waals surface area contributed by atoms with Gasteiger partial charge in [0.1, 0.15) is 5.82 Å². The molecule has 0 saturated carbocycles. The van der Waals surface area contributed by atoms with Gasteiger partial charge in [-0.05, 0) is 25.2 Å². The largest absolute Gasteiger partial charge is 0.356 e. The molecular formula is C14H23N5OS. The molecule has 21 heavy (non-hydrogen) atoms. The van der Waals surface area contributed by atoms with E-state index >= 15 is 0 Å². The molecule has 0 atom stereocenters. The Balaban J connectivity index is 1.95. The Hall–Kier alpha value is -1.50. The van der Waals surface area contributed by atoms with Crippen molar-refractivity contribution in [2.45, 2.75) is 24.0 Å². The zero-order chi connectivity index (χ0) is 15.4. The van der Waals surface area contributed by atoms with Gasteiger partial charge in [0.05, 0.1) is 0 Å². The predicted octanol–water partition coefficient (Wildman–Crippen LogP) is 1.78. The molecule has 1 saturated heterocycles. The average molecular weight is 309 g/mol. The van der Waals surface area contributed by atoms with E-state index in [1.54, 1.807) is 30.8 Å². The number of nitrogens with zero attached hydrogens (tertiary/aromatic N) is 5. The van der Waals surface area contributed by atoms with Gasteiger partial charge in [0.2, 0.25) is 0 Å². The number of piperidine rings is 1. The molecule has 0 aliphatic carbocycles. The maximum absolute atomic E-state index is 12.0. The SMILES string of the molecule is CSc1nccc(N2CCC(N(C)C(=O)N(C)C)CC2)n1. The van der Waals surface area contributed by atoms with Gasteiger partial charge < -0.3 is 14.7 Å². The van der Waals surface area contributed by atoms with Crippen molar-refractivity contribution in [1.29, 1.82) is 0 Å². The van der Waals surface area contributed by atoms with E-state index in [-0.39, 0.29) is 6.03 Å². The van der Waals surface area contributed by atoms with Gasteiger partial charge in [-0.1, -0.05) is 11.8 Å². The number of hydrogen-bond acceptors (Lipinski definition) is 5. The topological polar surface area (TPSA) is 52.6 Å².